The first-order chi connectivity index (χ1) is 10.3. The standard InChI is InChI=1S/C16H21N3O2/c1-20-16(6-7-21-11-16)10-18-15-13(9-17)8-12-4-2-3-5-14(12)19-15/h8H,2-7,10-11H2,1H3,(H,18,19). The van der Waals surface area contributed by atoms with Gasteiger partial charge in [-0.05, 0) is 37.3 Å². The zero-order valence-corrected chi connectivity index (χ0v) is 12.4. The van der Waals surface area contributed by atoms with Gasteiger partial charge in [0.1, 0.15) is 17.5 Å². The fourth-order valence-corrected chi connectivity index (χ4v) is 3.06. The molecule has 0 saturated carbocycles. The highest BCUT2D eigenvalue weighted by Crippen LogP contribution is 2.27. The number of anilines is 1. The van der Waals surface area contributed by atoms with E-state index in [0.717, 1.165) is 31.6 Å². The fourth-order valence-electron chi connectivity index (χ4n) is 3.06. The van der Waals surface area contributed by atoms with Gasteiger partial charge in [-0.3, -0.25) is 0 Å². The van der Waals surface area contributed by atoms with E-state index in [2.05, 4.69) is 16.4 Å². The van der Waals surface area contributed by atoms with Crippen molar-refractivity contribution >= 4 is 5.82 Å². The number of aryl methyl sites for hydroxylation is 2. The molecule has 0 amide bonds. The van der Waals surface area contributed by atoms with Crippen LogP contribution in [0.4, 0.5) is 5.82 Å². The minimum absolute atomic E-state index is 0.301. The minimum Gasteiger partial charge on any atom is -0.378 e. The van der Waals surface area contributed by atoms with Gasteiger partial charge in [-0.15, -0.1) is 0 Å². The van der Waals surface area contributed by atoms with Crippen molar-refractivity contribution in [1.82, 2.24) is 4.98 Å². The van der Waals surface area contributed by atoms with Crippen LogP contribution in [0.25, 0.3) is 0 Å². The Hall–Kier alpha value is -1.64. The van der Waals surface area contributed by atoms with Crippen LogP contribution in [0.3, 0.4) is 0 Å². The van der Waals surface area contributed by atoms with Crippen molar-refractivity contribution < 1.29 is 9.47 Å². The molecule has 0 bridgehead atoms. The van der Waals surface area contributed by atoms with E-state index in [0.29, 0.717) is 24.5 Å². The number of rotatable bonds is 4. The van der Waals surface area contributed by atoms with Gasteiger partial charge < -0.3 is 14.8 Å². The molecule has 0 aromatic carbocycles. The van der Waals surface area contributed by atoms with Crippen LogP contribution in [0.5, 0.6) is 0 Å². The molecule has 1 fully saturated rings. The zero-order chi connectivity index (χ0) is 14.7. The lowest BCUT2D eigenvalue weighted by molar-refractivity contribution is -0.00625. The maximum absolute atomic E-state index is 9.35. The first-order valence-corrected chi connectivity index (χ1v) is 7.56. The van der Waals surface area contributed by atoms with Gasteiger partial charge in [0, 0.05) is 32.4 Å². The van der Waals surface area contributed by atoms with Gasteiger partial charge in [0.25, 0.3) is 0 Å². The summed E-state index contributed by atoms with van der Waals surface area (Å²) in [6, 6.07) is 4.25. The van der Waals surface area contributed by atoms with E-state index in [1.54, 1.807) is 7.11 Å². The van der Waals surface area contributed by atoms with Crippen LogP contribution < -0.4 is 5.32 Å². The first kappa shape index (κ1) is 14.3. The van der Waals surface area contributed by atoms with Crippen LogP contribution in [0, 0.1) is 11.3 Å². The van der Waals surface area contributed by atoms with Crippen molar-refractivity contribution in [3.63, 3.8) is 0 Å². The number of pyridine rings is 1. The van der Waals surface area contributed by atoms with Crippen molar-refractivity contribution in [2.75, 3.05) is 32.2 Å². The summed E-state index contributed by atoms with van der Waals surface area (Å²) in [6.45, 7) is 1.92. The average Bonchev–Trinajstić information content (AvgIpc) is 3.01. The van der Waals surface area contributed by atoms with Crippen LogP contribution in [-0.2, 0) is 22.3 Å². The molecule has 1 aliphatic carbocycles. The molecule has 1 aromatic heterocycles. The molecule has 1 saturated heterocycles. The lowest BCUT2D eigenvalue weighted by atomic mass is 9.95. The molecule has 0 radical (unpaired) electrons. The van der Waals surface area contributed by atoms with E-state index in [-0.39, 0.29) is 5.60 Å². The van der Waals surface area contributed by atoms with E-state index in [9.17, 15) is 5.26 Å². The molecule has 1 aliphatic heterocycles. The molecule has 1 unspecified atom stereocenters. The summed E-state index contributed by atoms with van der Waals surface area (Å²) in [5.74, 6) is 0.682. The summed E-state index contributed by atoms with van der Waals surface area (Å²) in [5.41, 5.74) is 2.69. The molecular weight excluding hydrogens is 266 g/mol. The smallest absolute Gasteiger partial charge is 0.144 e. The monoisotopic (exact) mass is 287 g/mol. The molecule has 1 N–H and O–H groups in total. The Morgan fingerprint density at radius 3 is 3.05 bits per heavy atom. The SMILES string of the molecule is COC1(CNc2nc3c(cc2C#N)CCCC3)CCOC1. The summed E-state index contributed by atoms with van der Waals surface area (Å²) in [6.07, 6.45) is 5.28. The van der Waals surface area contributed by atoms with Crippen LogP contribution >= 0.6 is 0 Å². The molecule has 2 heterocycles. The Labute approximate surface area is 125 Å². The number of nitrogens with one attached hydrogen (secondary N) is 1. The number of fused-ring (bicyclic) bond motifs is 1. The third kappa shape index (κ3) is 2.87. The molecular formula is C16H21N3O2. The normalized spacial score (nSPS) is 24.4. The lowest BCUT2D eigenvalue weighted by Crippen LogP contribution is -2.40. The highest BCUT2D eigenvalue weighted by molar-refractivity contribution is 5.55. The van der Waals surface area contributed by atoms with Gasteiger partial charge in [0.15, 0.2) is 0 Å². The molecule has 1 atom stereocenters. The highest BCUT2D eigenvalue weighted by atomic mass is 16.5. The van der Waals surface area contributed by atoms with Gasteiger partial charge in [-0.1, -0.05) is 0 Å². The number of ether oxygens (including phenoxy) is 2. The third-order valence-electron chi connectivity index (χ3n) is 4.50. The van der Waals surface area contributed by atoms with Crippen molar-refractivity contribution in [1.29, 1.82) is 5.26 Å². The molecule has 5 nitrogen and oxygen atoms in total. The first-order valence-electron chi connectivity index (χ1n) is 7.56. The van der Waals surface area contributed by atoms with Gasteiger partial charge in [-0.25, -0.2) is 4.98 Å². The van der Waals surface area contributed by atoms with Crippen LogP contribution in [0.1, 0.15) is 36.1 Å². The predicted octanol–water partition coefficient (Wildman–Crippen LogP) is 2.05. The molecule has 3 rings (SSSR count). The van der Waals surface area contributed by atoms with E-state index in [1.165, 1.54) is 18.4 Å². The number of hydrogen-bond acceptors (Lipinski definition) is 5. The quantitative estimate of drug-likeness (QED) is 0.918. The summed E-state index contributed by atoms with van der Waals surface area (Å²) in [4.78, 5) is 4.68. The van der Waals surface area contributed by atoms with Crippen molar-refractivity contribution in [2.45, 2.75) is 37.7 Å². The van der Waals surface area contributed by atoms with Crippen LogP contribution in [-0.4, -0.2) is 37.5 Å². The number of methoxy groups -OCH3 is 1. The molecule has 0 spiro atoms. The van der Waals surface area contributed by atoms with Crippen molar-refractivity contribution in [3.05, 3.63) is 22.9 Å². The Kier molecular flexibility index (Phi) is 4.09. The highest BCUT2D eigenvalue weighted by Gasteiger charge is 2.35. The van der Waals surface area contributed by atoms with Crippen LogP contribution in [0.15, 0.2) is 6.07 Å². The van der Waals surface area contributed by atoms with E-state index in [1.807, 2.05) is 6.07 Å². The summed E-state index contributed by atoms with van der Waals surface area (Å²) < 4.78 is 11.0. The van der Waals surface area contributed by atoms with Crippen molar-refractivity contribution in [2.24, 2.45) is 0 Å². The summed E-state index contributed by atoms with van der Waals surface area (Å²) in [5, 5.41) is 12.7. The second-order valence-corrected chi connectivity index (χ2v) is 5.85. The number of nitriles is 1. The van der Waals surface area contributed by atoms with Gasteiger partial charge >= 0.3 is 0 Å². The third-order valence-corrected chi connectivity index (χ3v) is 4.50. The second kappa shape index (κ2) is 6.00. The lowest BCUT2D eigenvalue weighted by Gasteiger charge is -2.27. The molecule has 2 aliphatic rings. The average molecular weight is 287 g/mol. The minimum atomic E-state index is -0.301. The van der Waals surface area contributed by atoms with E-state index < -0.39 is 0 Å². The van der Waals surface area contributed by atoms with Gasteiger partial charge in [0.05, 0.1) is 12.2 Å². The summed E-state index contributed by atoms with van der Waals surface area (Å²) in [7, 11) is 1.71. The summed E-state index contributed by atoms with van der Waals surface area (Å²) >= 11 is 0. The largest absolute Gasteiger partial charge is 0.378 e. The maximum atomic E-state index is 9.35. The number of nitrogens with zero attached hydrogens (tertiary/aromatic N) is 2. The molecule has 112 valence electrons. The van der Waals surface area contributed by atoms with E-state index in [4.69, 9.17) is 9.47 Å². The number of aromatic nitrogens is 1. The Balaban J connectivity index is 1.80. The Morgan fingerprint density at radius 1 is 1.48 bits per heavy atom. The molecule has 21 heavy (non-hydrogen) atoms. The van der Waals surface area contributed by atoms with Gasteiger partial charge in [-0.2, -0.15) is 5.26 Å². The van der Waals surface area contributed by atoms with Gasteiger partial charge in [0.2, 0.25) is 0 Å². The number of hydrogen-bond donors (Lipinski definition) is 1. The zero-order valence-electron chi connectivity index (χ0n) is 12.4. The maximum Gasteiger partial charge on any atom is 0.144 e. The van der Waals surface area contributed by atoms with E-state index >= 15 is 0 Å². The predicted molar refractivity (Wildman–Crippen MR) is 79.3 cm³/mol. The Bertz CT molecular complexity index is 559. The van der Waals surface area contributed by atoms with Crippen molar-refractivity contribution in [3.8, 4) is 6.07 Å². The molecule has 5 heteroatoms. The molecule has 1 aromatic rings. The fraction of sp³-hybridized carbons (Fsp3) is 0.625. The Morgan fingerprint density at radius 2 is 2.33 bits per heavy atom. The topological polar surface area (TPSA) is 67.2 Å². The second-order valence-electron chi connectivity index (χ2n) is 5.85. The van der Waals surface area contributed by atoms with Crippen LogP contribution in [0.2, 0.25) is 0 Å².